The van der Waals surface area contributed by atoms with E-state index < -0.39 is 9.84 Å². The molecule has 96 valence electrons. The van der Waals surface area contributed by atoms with Gasteiger partial charge in [0.05, 0.1) is 17.5 Å². The van der Waals surface area contributed by atoms with Crippen molar-refractivity contribution in [2.75, 3.05) is 24.6 Å². The van der Waals surface area contributed by atoms with E-state index in [4.69, 9.17) is 0 Å². The van der Waals surface area contributed by atoms with Crippen LogP contribution in [0.25, 0.3) is 0 Å². The highest BCUT2D eigenvalue weighted by molar-refractivity contribution is 7.91. The van der Waals surface area contributed by atoms with Crippen LogP contribution in [0.15, 0.2) is 0 Å². The number of hydrogen-bond acceptors (Lipinski definition) is 4. The summed E-state index contributed by atoms with van der Waals surface area (Å²) in [5, 5.41) is 3.22. The second-order valence-electron chi connectivity index (χ2n) is 5.76. The summed E-state index contributed by atoms with van der Waals surface area (Å²) in [5.41, 5.74) is -0.200. The molecule has 3 aliphatic rings. The normalized spacial score (nSPS) is 37.6. The SMILES string of the molecule is CC1(C(=O)N2CCN[C@H]3CS(=O)(=O)C[C@H]32)CC1. The number of fused-ring (bicyclic) bond motifs is 1. The van der Waals surface area contributed by atoms with E-state index in [1.54, 1.807) is 0 Å². The molecule has 1 N–H and O–H groups in total. The first-order valence-electron chi connectivity index (χ1n) is 6.16. The minimum Gasteiger partial charge on any atom is -0.335 e. The van der Waals surface area contributed by atoms with Crippen LogP contribution in [0.5, 0.6) is 0 Å². The van der Waals surface area contributed by atoms with Gasteiger partial charge < -0.3 is 10.2 Å². The third-order valence-corrected chi connectivity index (χ3v) is 5.98. The Bertz CT molecular complexity index is 455. The topological polar surface area (TPSA) is 66.5 Å². The zero-order chi connectivity index (χ0) is 12.3. The van der Waals surface area contributed by atoms with Crippen molar-refractivity contribution in [3.05, 3.63) is 0 Å². The molecule has 0 unspecified atom stereocenters. The maximum Gasteiger partial charge on any atom is 0.228 e. The van der Waals surface area contributed by atoms with E-state index in [0.29, 0.717) is 13.1 Å². The van der Waals surface area contributed by atoms with Crippen LogP contribution in [-0.2, 0) is 14.6 Å². The Morgan fingerprint density at radius 2 is 2.06 bits per heavy atom. The van der Waals surface area contributed by atoms with Crippen LogP contribution in [0.3, 0.4) is 0 Å². The third kappa shape index (κ3) is 1.87. The third-order valence-electron chi connectivity index (χ3n) is 4.26. The number of carbonyl (C=O) groups is 1. The first kappa shape index (κ1) is 11.5. The molecule has 1 amide bonds. The molecule has 2 aliphatic heterocycles. The lowest BCUT2D eigenvalue weighted by Crippen LogP contribution is -2.60. The molecular formula is C11H18N2O3S. The van der Waals surface area contributed by atoms with E-state index in [0.717, 1.165) is 12.8 Å². The summed E-state index contributed by atoms with van der Waals surface area (Å²) in [7, 11) is -2.98. The summed E-state index contributed by atoms with van der Waals surface area (Å²) in [6, 6.07) is -0.196. The van der Waals surface area contributed by atoms with E-state index in [1.807, 2.05) is 11.8 Å². The quantitative estimate of drug-likeness (QED) is 0.681. The second kappa shape index (κ2) is 3.45. The number of piperazine rings is 1. The highest BCUT2D eigenvalue weighted by Crippen LogP contribution is 2.47. The summed E-state index contributed by atoms with van der Waals surface area (Å²) >= 11 is 0. The highest BCUT2D eigenvalue weighted by Gasteiger charge is 2.52. The zero-order valence-electron chi connectivity index (χ0n) is 9.98. The Balaban J connectivity index is 1.83. The summed E-state index contributed by atoms with van der Waals surface area (Å²) in [6.45, 7) is 3.33. The van der Waals surface area contributed by atoms with Gasteiger partial charge in [0.1, 0.15) is 0 Å². The number of amides is 1. The monoisotopic (exact) mass is 258 g/mol. The van der Waals surface area contributed by atoms with Crippen molar-refractivity contribution in [3.63, 3.8) is 0 Å². The minimum atomic E-state index is -2.98. The van der Waals surface area contributed by atoms with Gasteiger partial charge in [0.2, 0.25) is 5.91 Å². The molecule has 3 fully saturated rings. The predicted molar refractivity (Wildman–Crippen MR) is 63.3 cm³/mol. The van der Waals surface area contributed by atoms with Gasteiger partial charge in [-0.2, -0.15) is 0 Å². The maximum absolute atomic E-state index is 12.3. The Kier molecular flexibility index (Phi) is 2.32. The predicted octanol–water partition coefficient (Wildman–Crippen LogP) is -0.616. The molecule has 0 aromatic carbocycles. The first-order chi connectivity index (χ1) is 7.91. The number of rotatable bonds is 1. The molecule has 2 heterocycles. The van der Waals surface area contributed by atoms with Crippen molar-refractivity contribution in [2.24, 2.45) is 5.41 Å². The number of sulfone groups is 1. The van der Waals surface area contributed by atoms with Crippen molar-refractivity contribution in [1.29, 1.82) is 0 Å². The second-order valence-corrected chi connectivity index (χ2v) is 7.92. The van der Waals surface area contributed by atoms with Crippen LogP contribution in [-0.4, -0.2) is 55.9 Å². The van der Waals surface area contributed by atoms with Crippen molar-refractivity contribution < 1.29 is 13.2 Å². The van der Waals surface area contributed by atoms with E-state index in [2.05, 4.69) is 5.32 Å². The van der Waals surface area contributed by atoms with Gasteiger partial charge in [-0.05, 0) is 12.8 Å². The molecule has 1 aliphatic carbocycles. The lowest BCUT2D eigenvalue weighted by Gasteiger charge is -2.38. The maximum atomic E-state index is 12.3. The number of nitrogens with one attached hydrogen (secondary N) is 1. The average molecular weight is 258 g/mol. The molecule has 2 saturated heterocycles. The van der Waals surface area contributed by atoms with E-state index in [9.17, 15) is 13.2 Å². The molecule has 1 saturated carbocycles. The van der Waals surface area contributed by atoms with Gasteiger partial charge in [-0.3, -0.25) is 4.79 Å². The number of nitrogens with zero attached hydrogens (tertiary/aromatic N) is 1. The van der Waals surface area contributed by atoms with Crippen LogP contribution in [0.4, 0.5) is 0 Å². The van der Waals surface area contributed by atoms with Crippen LogP contribution >= 0.6 is 0 Å². The van der Waals surface area contributed by atoms with Gasteiger partial charge >= 0.3 is 0 Å². The summed E-state index contributed by atoms with van der Waals surface area (Å²) in [6.07, 6.45) is 1.89. The van der Waals surface area contributed by atoms with E-state index in [-0.39, 0.29) is 34.9 Å². The van der Waals surface area contributed by atoms with Gasteiger partial charge in [0.15, 0.2) is 9.84 Å². The van der Waals surface area contributed by atoms with Crippen molar-refractivity contribution >= 4 is 15.7 Å². The van der Waals surface area contributed by atoms with Crippen LogP contribution < -0.4 is 5.32 Å². The van der Waals surface area contributed by atoms with Gasteiger partial charge in [-0.1, -0.05) is 6.92 Å². The van der Waals surface area contributed by atoms with Crippen LogP contribution in [0.2, 0.25) is 0 Å². The molecule has 0 radical (unpaired) electrons. The molecule has 0 bridgehead atoms. The van der Waals surface area contributed by atoms with Crippen LogP contribution in [0.1, 0.15) is 19.8 Å². The van der Waals surface area contributed by atoms with Gasteiger partial charge in [-0.25, -0.2) is 8.42 Å². The fourth-order valence-corrected chi connectivity index (χ4v) is 4.82. The lowest BCUT2D eigenvalue weighted by molar-refractivity contribution is -0.139. The molecular weight excluding hydrogens is 240 g/mol. The molecule has 5 nitrogen and oxygen atoms in total. The fraction of sp³-hybridized carbons (Fsp3) is 0.909. The molecule has 0 spiro atoms. The van der Waals surface area contributed by atoms with Gasteiger partial charge in [-0.15, -0.1) is 0 Å². The molecule has 2 atom stereocenters. The van der Waals surface area contributed by atoms with Gasteiger partial charge in [0.25, 0.3) is 0 Å². The molecule has 3 rings (SSSR count). The smallest absolute Gasteiger partial charge is 0.228 e. The Labute approximate surface area is 101 Å². The van der Waals surface area contributed by atoms with E-state index >= 15 is 0 Å². The molecule has 6 heteroatoms. The summed E-state index contributed by atoms with van der Waals surface area (Å²) < 4.78 is 23.3. The molecule has 0 aromatic rings. The summed E-state index contributed by atoms with van der Waals surface area (Å²) in [5.74, 6) is 0.469. The van der Waals surface area contributed by atoms with E-state index in [1.165, 1.54) is 0 Å². The lowest BCUT2D eigenvalue weighted by atomic mass is 10.0. The molecule has 17 heavy (non-hydrogen) atoms. The summed E-state index contributed by atoms with van der Waals surface area (Å²) in [4.78, 5) is 14.2. The van der Waals surface area contributed by atoms with Crippen molar-refractivity contribution in [3.8, 4) is 0 Å². The molecule has 0 aromatic heterocycles. The zero-order valence-corrected chi connectivity index (χ0v) is 10.8. The van der Waals surface area contributed by atoms with Crippen LogP contribution in [0, 0.1) is 5.41 Å². The number of hydrogen-bond donors (Lipinski definition) is 1. The van der Waals surface area contributed by atoms with Gasteiger partial charge in [0, 0.05) is 24.5 Å². The largest absolute Gasteiger partial charge is 0.335 e. The standard InChI is InChI=1S/C11H18N2O3S/c1-11(2-3-11)10(14)13-5-4-12-8-6-17(15,16)7-9(8)13/h8-9,12H,2-7H2,1H3/t8-,9+/m0/s1. The first-order valence-corrected chi connectivity index (χ1v) is 7.98. The van der Waals surface area contributed by atoms with Crippen molar-refractivity contribution in [1.82, 2.24) is 10.2 Å². The average Bonchev–Trinajstić information content (AvgIpc) is 2.90. The number of carbonyl (C=O) groups excluding carboxylic acids is 1. The fourth-order valence-electron chi connectivity index (χ4n) is 2.87. The van der Waals surface area contributed by atoms with Crippen molar-refractivity contribution in [2.45, 2.75) is 31.8 Å². The Hall–Kier alpha value is -0.620. The Morgan fingerprint density at radius 3 is 2.71 bits per heavy atom. The minimum absolute atomic E-state index is 0.0555. The Morgan fingerprint density at radius 1 is 1.35 bits per heavy atom. The highest BCUT2D eigenvalue weighted by atomic mass is 32.2.